The van der Waals surface area contributed by atoms with Gasteiger partial charge in [0.05, 0.1) is 23.4 Å². The minimum absolute atomic E-state index is 0.188. The van der Waals surface area contributed by atoms with Crippen LogP contribution in [0.4, 0.5) is 8.78 Å². The fraction of sp³-hybridized carbons (Fsp3) is 0.0323. The van der Waals surface area contributed by atoms with Gasteiger partial charge < -0.3 is 10.3 Å². The number of carbonyl (C=O) groups is 1. The van der Waals surface area contributed by atoms with Crippen LogP contribution >= 0.6 is 0 Å². The quantitative estimate of drug-likeness (QED) is 0.253. The average molecular weight is 490 g/mol. The molecule has 0 spiro atoms. The fourth-order valence-electron chi connectivity index (χ4n) is 4.70. The van der Waals surface area contributed by atoms with Crippen molar-refractivity contribution < 1.29 is 13.6 Å². The maximum atomic E-state index is 13.4. The first-order valence-electron chi connectivity index (χ1n) is 11.9. The van der Waals surface area contributed by atoms with E-state index in [1.54, 1.807) is 0 Å². The van der Waals surface area contributed by atoms with Crippen LogP contribution in [0, 0.1) is 11.6 Å². The van der Waals surface area contributed by atoms with Crippen LogP contribution in [-0.4, -0.2) is 15.9 Å². The number of nitrogens with one attached hydrogen (secondary N) is 2. The molecule has 0 bridgehead atoms. The van der Waals surface area contributed by atoms with E-state index in [0.717, 1.165) is 62.0 Å². The monoisotopic (exact) mass is 489 g/mol. The van der Waals surface area contributed by atoms with Gasteiger partial charge in [0.1, 0.15) is 11.6 Å². The van der Waals surface area contributed by atoms with E-state index in [1.165, 1.54) is 12.2 Å². The summed E-state index contributed by atoms with van der Waals surface area (Å²) in [5.41, 5.74) is 4.70. The van der Waals surface area contributed by atoms with Gasteiger partial charge in [-0.2, -0.15) is 0 Å². The molecule has 1 amide bonds. The summed E-state index contributed by atoms with van der Waals surface area (Å²) in [5, 5.41) is 7.12. The summed E-state index contributed by atoms with van der Waals surface area (Å²) in [5.74, 6) is -1.79. The maximum Gasteiger partial charge on any atom is 0.244 e. The molecular weight excluding hydrogens is 468 g/mol. The van der Waals surface area contributed by atoms with Crippen molar-refractivity contribution >= 4 is 44.6 Å². The first-order valence-corrected chi connectivity index (χ1v) is 11.9. The lowest BCUT2D eigenvalue weighted by molar-refractivity contribution is -0.116. The zero-order valence-electron chi connectivity index (χ0n) is 19.6. The van der Waals surface area contributed by atoms with Gasteiger partial charge in [-0.25, -0.2) is 13.8 Å². The molecule has 2 heterocycles. The number of H-pyrrole nitrogens is 1. The van der Waals surface area contributed by atoms with Crippen molar-refractivity contribution in [2.24, 2.45) is 0 Å². The molecule has 2 N–H and O–H groups in total. The zero-order chi connectivity index (χ0) is 25.4. The molecule has 0 aliphatic heterocycles. The van der Waals surface area contributed by atoms with Crippen molar-refractivity contribution in [1.29, 1.82) is 0 Å². The van der Waals surface area contributed by atoms with E-state index < -0.39 is 17.5 Å². The molecule has 180 valence electrons. The van der Waals surface area contributed by atoms with Crippen LogP contribution in [0.3, 0.4) is 0 Å². The SMILES string of the molecule is O=C(/C=C/c1cc(F)cc(F)c1)NCc1cc2c([nH]c3ccccc32)c(-c2cccc3ccccc23)n1. The van der Waals surface area contributed by atoms with Crippen LogP contribution in [0.2, 0.25) is 0 Å². The second kappa shape index (κ2) is 9.32. The summed E-state index contributed by atoms with van der Waals surface area (Å²) in [7, 11) is 0. The third-order valence-corrected chi connectivity index (χ3v) is 6.35. The van der Waals surface area contributed by atoms with Gasteiger partial charge >= 0.3 is 0 Å². The van der Waals surface area contributed by atoms with Crippen molar-refractivity contribution in [2.75, 3.05) is 0 Å². The van der Waals surface area contributed by atoms with Gasteiger partial charge in [0.25, 0.3) is 0 Å². The first-order chi connectivity index (χ1) is 18.0. The number of fused-ring (bicyclic) bond motifs is 4. The number of aromatic amines is 1. The van der Waals surface area contributed by atoms with Gasteiger partial charge in [0, 0.05) is 34.0 Å². The predicted molar refractivity (Wildman–Crippen MR) is 144 cm³/mol. The molecule has 2 aromatic heterocycles. The summed E-state index contributed by atoms with van der Waals surface area (Å²) in [4.78, 5) is 21.0. The Kier molecular flexibility index (Phi) is 5.69. The minimum atomic E-state index is -0.697. The summed E-state index contributed by atoms with van der Waals surface area (Å²) in [6.45, 7) is 0.188. The van der Waals surface area contributed by atoms with Crippen molar-refractivity contribution in [3.05, 3.63) is 120 Å². The molecule has 0 aliphatic carbocycles. The van der Waals surface area contributed by atoms with Gasteiger partial charge in [-0.05, 0) is 46.7 Å². The van der Waals surface area contributed by atoms with Crippen molar-refractivity contribution in [3.63, 3.8) is 0 Å². The predicted octanol–water partition coefficient (Wildman–Crippen LogP) is 7.14. The molecule has 37 heavy (non-hydrogen) atoms. The number of pyridine rings is 1. The second-order valence-corrected chi connectivity index (χ2v) is 8.84. The van der Waals surface area contributed by atoms with Crippen LogP contribution in [0.25, 0.3) is 49.9 Å². The number of para-hydroxylation sites is 1. The summed E-state index contributed by atoms with van der Waals surface area (Å²) in [6.07, 6.45) is 2.63. The number of halogens is 2. The Morgan fingerprint density at radius 2 is 1.57 bits per heavy atom. The number of carbonyl (C=O) groups excluding carboxylic acids is 1. The number of hydrogen-bond donors (Lipinski definition) is 2. The highest BCUT2D eigenvalue weighted by Crippen LogP contribution is 2.35. The number of amides is 1. The maximum absolute atomic E-state index is 13.4. The number of rotatable bonds is 5. The van der Waals surface area contributed by atoms with Crippen molar-refractivity contribution in [2.45, 2.75) is 6.54 Å². The van der Waals surface area contributed by atoms with E-state index in [0.29, 0.717) is 5.69 Å². The summed E-state index contributed by atoms with van der Waals surface area (Å²) < 4.78 is 26.8. The Morgan fingerprint density at radius 3 is 2.41 bits per heavy atom. The molecule has 6 heteroatoms. The van der Waals surface area contributed by atoms with E-state index in [-0.39, 0.29) is 12.1 Å². The molecule has 4 nitrogen and oxygen atoms in total. The van der Waals surface area contributed by atoms with Crippen LogP contribution in [0.15, 0.2) is 97.1 Å². The normalized spacial score (nSPS) is 11.6. The molecule has 6 rings (SSSR count). The van der Waals surface area contributed by atoms with E-state index in [2.05, 4.69) is 40.6 Å². The lowest BCUT2D eigenvalue weighted by atomic mass is 10.00. The van der Waals surface area contributed by atoms with Crippen molar-refractivity contribution in [1.82, 2.24) is 15.3 Å². The lowest BCUT2D eigenvalue weighted by Gasteiger charge is -2.11. The Balaban J connectivity index is 1.38. The number of nitrogens with zero attached hydrogens (tertiary/aromatic N) is 1. The van der Waals surface area contributed by atoms with Gasteiger partial charge in [-0.15, -0.1) is 0 Å². The second-order valence-electron chi connectivity index (χ2n) is 8.84. The molecule has 0 saturated carbocycles. The average Bonchev–Trinajstić information content (AvgIpc) is 3.28. The van der Waals surface area contributed by atoms with E-state index in [1.807, 2.05) is 42.5 Å². The van der Waals surface area contributed by atoms with Gasteiger partial charge in [0.15, 0.2) is 0 Å². The molecule has 0 aliphatic rings. The highest BCUT2D eigenvalue weighted by atomic mass is 19.1. The largest absolute Gasteiger partial charge is 0.353 e. The smallest absolute Gasteiger partial charge is 0.244 e. The summed E-state index contributed by atoms with van der Waals surface area (Å²) in [6, 6.07) is 27.5. The highest BCUT2D eigenvalue weighted by Gasteiger charge is 2.15. The molecule has 0 unspecified atom stereocenters. The van der Waals surface area contributed by atoms with Crippen molar-refractivity contribution in [3.8, 4) is 11.3 Å². The Hall–Kier alpha value is -4.84. The fourth-order valence-corrected chi connectivity index (χ4v) is 4.70. The molecule has 0 atom stereocenters. The molecule has 0 saturated heterocycles. The highest BCUT2D eigenvalue weighted by molar-refractivity contribution is 6.13. The third kappa shape index (κ3) is 4.45. The topological polar surface area (TPSA) is 57.8 Å². The van der Waals surface area contributed by atoms with E-state index in [9.17, 15) is 13.6 Å². The zero-order valence-corrected chi connectivity index (χ0v) is 19.6. The number of aromatic nitrogens is 2. The minimum Gasteiger partial charge on any atom is -0.353 e. The molecule has 6 aromatic rings. The number of benzene rings is 4. The Labute approximate surface area is 211 Å². The first kappa shape index (κ1) is 22.6. The molecule has 0 radical (unpaired) electrons. The van der Waals surface area contributed by atoms with E-state index >= 15 is 0 Å². The third-order valence-electron chi connectivity index (χ3n) is 6.35. The van der Waals surface area contributed by atoms with Gasteiger partial charge in [0.2, 0.25) is 5.91 Å². The van der Waals surface area contributed by atoms with Crippen LogP contribution in [-0.2, 0) is 11.3 Å². The molecule has 0 fully saturated rings. The standard InChI is InChI=1S/C31H21F2N3O/c32-21-14-19(15-22(33)16-21)12-13-29(37)34-18-23-17-27-25-9-3-4-11-28(25)36-31(27)30(35-23)26-10-5-7-20-6-1-2-8-24(20)26/h1-17,36H,18H2,(H,34,37)/b13-12+. The lowest BCUT2D eigenvalue weighted by Crippen LogP contribution is -2.21. The van der Waals surface area contributed by atoms with Gasteiger partial charge in [-0.3, -0.25) is 4.79 Å². The Bertz CT molecular complexity index is 1810. The Morgan fingerprint density at radius 1 is 0.838 bits per heavy atom. The summed E-state index contributed by atoms with van der Waals surface area (Å²) >= 11 is 0. The molecular formula is C31H21F2N3O. The van der Waals surface area contributed by atoms with E-state index in [4.69, 9.17) is 4.98 Å². The molecule has 4 aromatic carbocycles. The van der Waals surface area contributed by atoms with Crippen LogP contribution in [0.5, 0.6) is 0 Å². The van der Waals surface area contributed by atoms with Gasteiger partial charge in [-0.1, -0.05) is 60.7 Å². The number of hydrogen-bond acceptors (Lipinski definition) is 2. The van der Waals surface area contributed by atoms with Crippen LogP contribution in [0.1, 0.15) is 11.3 Å². The van der Waals surface area contributed by atoms with Crippen LogP contribution < -0.4 is 5.32 Å².